The van der Waals surface area contributed by atoms with Crippen LogP contribution in [0.5, 0.6) is 0 Å². The Bertz CT molecular complexity index is 730. The van der Waals surface area contributed by atoms with E-state index in [0.717, 1.165) is 12.3 Å². The molecule has 0 saturated carbocycles. The fourth-order valence-corrected chi connectivity index (χ4v) is 4.14. The maximum Gasteiger partial charge on any atom is 0.266 e. The summed E-state index contributed by atoms with van der Waals surface area (Å²) in [5.41, 5.74) is -1.31. The van der Waals surface area contributed by atoms with E-state index in [4.69, 9.17) is 11.6 Å². The van der Waals surface area contributed by atoms with E-state index in [2.05, 4.69) is 10.3 Å². The van der Waals surface area contributed by atoms with Crippen LogP contribution in [0.2, 0.25) is 5.02 Å². The first-order valence-electron chi connectivity index (χ1n) is 6.31. The largest absolute Gasteiger partial charge is 0.359 e. The van der Waals surface area contributed by atoms with Gasteiger partial charge in [-0.25, -0.2) is 8.42 Å². The van der Waals surface area contributed by atoms with Gasteiger partial charge in [-0.3, -0.25) is 9.59 Å². The number of carbonyl (C=O) groups is 1. The van der Waals surface area contributed by atoms with Crippen LogP contribution in [-0.4, -0.2) is 43.8 Å². The van der Waals surface area contributed by atoms with Crippen molar-refractivity contribution in [3.05, 3.63) is 27.6 Å². The van der Waals surface area contributed by atoms with E-state index >= 15 is 0 Å². The number of nitrogens with one attached hydrogen (secondary N) is 2. The van der Waals surface area contributed by atoms with Gasteiger partial charge < -0.3 is 10.3 Å². The number of sulfonamides is 1. The molecule has 1 fully saturated rings. The minimum absolute atomic E-state index is 0.0890. The Morgan fingerprint density at radius 1 is 1.52 bits per heavy atom. The Morgan fingerprint density at radius 2 is 2.19 bits per heavy atom. The molecular weight excluding hydrogens is 318 g/mol. The minimum atomic E-state index is -3.79. The molecule has 1 atom stereocenters. The molecule has 1 unspecified atom stereocenters. The summed E-state index contributed by atoms with van der Waals surface area (Å²) in [7, 11) is -2.27. The van der Waals surface area contributed by atoms with Gasteiger partial charge in [-0.05, 0) is 19.4 Å². The predicted octanol–water partition coefficient (Wildman–Crippen LogP) is 0.175. The van der Waals surface area contributed by atoms with Crippen molar-refractivity contribution in [2.45, 2.75) is 18.2 Å². The SMILES string of the molecule is CNC(=O)C1(C)CCN(S(=O)(=O)c2c[nH]c(=O)c(Cl)c2)C1. The zero-order valence-corrected chi connectivity index (χ0v) is 13.2. The van der Waals surface area contributed by atoms with Crippen molar-refractivity contribution < 1.29 is 13.2 Å². The number of rotatable bonds is 3. The van der Waals surface area contributed by atoms with E-state index in [9.17, 15) is 18.0 Å². The number of pyridine rings is 1. The van der Waals surface area contributed by atoms with Gasteiger partial charge in [0.2, 0.25) is 15.9 Å². The third-order valence-electron chi connectivity index (χ3n) is 3.68. The lowest BCUT2D eigenvalue weighted by atomic mass is 9.89. The molecule has 1 saturated heterocycles. The Kier molecular flexibility index (Phi) is 4.14. The second-order valence-electron chi connectivity index (χ2n) is 5.24. The summed E-state index contributed by atoms with van der Waals surface area (Å²) >= 11 is 5.66. The monoisotopic (exact) mass is 333 g/mol. The molecule has 116 valence electrons. The number of aromatic amines is 1. The molecule has 0 aromatic carbocycles. The highest BCUT2D eigenvalue weighted by Crippen LogP contribution is 2.33. The molecule has 7 nitrogen and oxygen atoms in total. The molecule has 2 rings (SSSR count). The standard InChI is InChI=1S/C12H16ClN3O4S/c1-12(11(18)14-2)3-4-16(7-12)21(19,20)8-5-9(13)10(17)15-6-8/h5-6H,3-4,7H2,1-2H3,(H,14,18)(H,15,17). The minimum Gasteiger partial charge on any atom is -0.359 e. The van der Waals surface area contributed by atoms with E-state index in [-0.39, 0.29) is 28.9 Å². The summed E-state index contributed by atoms with van der Waals surface area (Å²) in [6.45, 7) is 2.05. The molecule has 1 aliphatic rings. The molecule has 2 N–H and O–H groups in total. The Labute approximate surface area is 127 Å². The van der Waals surface area contributed by atoms with Crippen LogP contribution in [0.4, 0.5) is 0 Å². The second-order valence-corrected chi connectivity index (χ2v) is 7.59. The van der Waals surface area contributed by atoms with Gasteiger partial charge in [-0.2, -0.15) is 4.31 Å². The van der Waals surface area contributed by atoms with Crippen molar-refractivity contribution in [1.29, 1.82) is 0 Å². The van der Waals surface area contributed by atoms with Gasteiger partial charge in [0.1, 0.15) is 5.02 Å². The second kappa shape index (κ2) is 5.43. The highest BCUT2D eigenvalue weighted by atomic mass is 35.5. The Balaban J connectivity index is 2.32. The molecule has 1 aromatic heterocycles. The number of amides is 1. The lowest BCUT2D eigenvalue weighted by Gasteiger charge is -2.22. The molecule has 0 radical (unpaired) electrons. The van der Waals surface area contributed by atoms with Crippen molar-refractivity contribution >= 4 is 27.5 Å². The van der Waals surface area contributed by atoms with Crippen molar-refractivity contribution in [2.75, 3.05) is 20.1 Å². The normalized spacial score (nSPS) is 23.2. The molecule has 0 bridgehead atoms. The lowest BCUT2D eigenvalue weighted by molar-refractivity contribution is -0.128. The van der Waals surface area contributed by atoms with Gasteiger partial charge in [-0.1, -0.05) is 11.6 Å². The third kappa shape index (κ3) is 2.83. The van der Waals surface area contributed by atoms with Crippen LogP contribution in [0, 0.1) is 5.41 Å². The molecule has 1 aromatic rings. The van der Waals surface area contributed by atoms with Crippen molar-refractivity contribution in [2.24, 2.45) is 5.41 Å². The van der Waals surface area contributed by atoms with Gasteiger partial charge in [0.25, 0.3) is 5.56 Å². The average Bonchev–Trinajstić information content (AvgIpc) is 2.85. The summed E-state index contributed by atoms with van der Waals surface area (Å²) in [5, 5.41) is 2.36. The Hall–Kier alpha value is -1.38. The van der Waals surface area contributed by atoms with E-state index < -0.39 is 21.0 Å². The summed E-state index contributed by atoms with van der Waals surface area (Å²) in [6.07, 6.45) is 1.54. The number of nitrogens with zero attached hydrogens (tertiary/aromatic N) is 1. The topological polar surface area (TPSA) is 99.3 Å². The molecule has 0 spiro atoms. The third-order valence-corrected chi connectivity index (χ3v) is 5.79. The summed E-state index contributed by atoms with van der Waals surface area (Å²) in [4.78, 5) is 25.2. The van der Waals surface area contributed by atoms with E-state index in [0.29, 0.717) is 6.42 Å². The van der Waals surface area contributed by atoms with E-state index in [1.165, 1.54) is 11.4 Å². The molecule has 2 heterocycles. The van der Waals surface area contributed by atoms with Crippen LogP contribution in [-0.2, 0) is 14.8 Å². The van der Waals surface area contributed by atoms with Crippen molar-refractivity contribution in [3.8, 4) is 0 Å². The first-order valence-corrected chi connectivity index (χ1v) is 8.13. The number of aromatic nitrogens is 1. The van der Waals surface area contributed by atoms with Gasteiger partial charge in [0.05, 0.1) is 10.3 Å². The smallest absolute Gasteiger partial charge is 0.266 e. The van der Waals surface area contributed by atoms with E-state index in [1.807, 2.05) is 0 Å². The molecule has 1 amide bonds. The Morgan fingerprint density at radius 3 is 2.76 bits per heavy atom. The quantitative estimate of drug-likeness (QED) is 0.824. The van der Waals surface area contributed by atoms with Gasteiger partial charge in [-0.15, -0.1) is 0 Å². The zero-order valence-electron chi connectivity index (χ0n) is 11.6. The predicted molar refractivity (Wildman–Crippen MR) is 77.6 cm³/mol. The maximum atomic E-state index is 12.5. The highest BCUT2D eigenvalue weighted by Gasteiger charge is 2.44. The first kappa shape index (κ1) is 16.0. The van der Waals surface area contributed by atoms with E-state index in [1.54, 1.807) is 6.92 Å². The van der Waals surface area contributed by atoms with Crippen LogP contribution in [0.1, 0.15) is 13.3 Å². The lowest BCUT2D eigenvalue weighted by Crippen LogP contribution is -2.40. The summed E-state index contributed by atoms with van der Waals surface area (Å²) in [5.74, 6) is -0.195. The van der Waals surface area contributed by atoms with Gasteiger partial charge in [0.15, 0.2) is 0 Å². The van der Waals surface area contributed by atoms with Crippen molar-refractivity contribution in [1.82, 2.24) is 14.6 Å². The molecule has 21 heavy (non-hydrogen) atoms. The van der Waals surface area contributed by atoms with Gasteiger partial charge >= 0.3 is 0 Å². The average molecular weight is 334 g/mol. The fraction of sp³-hybridized carbons (Fsp3) is 0.500. The molecule has 9 heteroatoms. The zero-order chi connectivity index (χ0) is 15.8. The molecule has 0 aliphatic carbocycles. The van der Waals surface area contributed by atoms with Crippen LogP contribution < -0.4 is 10.9 Å². The maximum absolute atomic E-state index is 12.5. The first-order chi connectivity index (χ1) is 9.70. The van der Waals surface area contributed by atoms with Crippen LogP contribution in [0.25, 0.3) is 0 Å². The van der Waals surface area contributed by atoms with Crippen LogP contribution in [0.3, 0.4) is 0 Å². The number of hydrogen-bond acceptors (Lipinski definition) is 4. The fourth-order valence-electron chi connectivity index (χ4n) is 2.35. The number of halogens is 1. The van der Waals surface area contributed by atoms with Crippen molar-refractivity contribution in [3.63, 3.8) is 0 Å². The summed E-state index contributed by atoms with van der Waals surface area (Å²) < 4.78 is 26.2. The molecule has 1 aliphatic heterocycles. The number of carbonyl (C=O) groups excluding carboxylic acids is 1. The highest BCUT2D eigenvalue weighted by molar-refractivity contribution is 7.89. The summed E-state index contributed by atoms with van der Waals surface area (Å²) in [6, 6.07) is 1.12. The number of hydrogen-bond donors (Lipinski definition) is 2. The van der Waals surface area contributed by atoms with Crippen LogP contribution >= 0.6 is 11.6 Å². The molecular formula is C12H16ClN3O4S. The van der Waals surface area contributed by atoms with Gasteiger partial charge in [0, 0.05) is 26.3 Å². The number of H-pyrrole nitrogens is 1. The van der Waals surface area contributed by atoms with Crippen LogP contribution in [0.15, 0.2) is 22.0 Å².